The Labute approximate surface area is 182 Å². The third-order valence-electron chi connectivity index (χ3n) is 4.29. The second kappa shape index (κ2) is 10.5. The van der Waals surface area contributed by atoms with Gasteiger partial charge in [0.05, 0.1) is 11.6 Å². The summed E-state index contributed by atoms with van der Waals surface area (Å²) >= 11 is 5.82. The lowest BCUT2D eigenvalue weighted by atomic mass is 10.0. The molecule has 0 fully saturated rings. The Morgan fingerprint density at radius 2 is 1.71 bits per heavy atom. The quantitative estimate of drug-likeness (QED) is 0.277. The topological polar surface area (TPSA) is 174 Å². The zero-order valence-corrected chi connectivity index (χ0v) is 17.4. The highest BCUT2D eigenvalue weighted by molar-refractivity contribution is 6.30. The lowest BCUT2D eigenvalue weighted by molar-refractivity contribution is -0.996. The normalized spacial score (nSPS) is 14.1. The minimum absolute atomic E-state index is 0.0495. The van der Waals surface area contributed by atoms with E-state index in [-0.39, 0.29) is 23.6 Å². The number of carboxylic acids is 1. The Kier molecular flexibility index (Phi) is 8.30. The van der Waals surface area contributed by atoms with Crippen LogP contribution in [-0.2, 0) is 4.79 Å². The summed E-state index contributed by atoms with van der Waals surface area (Å²) in [6, 6.07) is 6.73. The monoisotopic (exact) mass is 454 g/mol. The highest BCUT2D eigenvalue weighted by Gasteiger charge is 2.28. The first-order valence-corrected chi connectivity index (χ1v) is 9.58. The van der Waals surface area contributed by atoms with Gasteiger partial charge in [-0.2, -0.15) is 10.5 Å². The van der Waals surface area contributed by atoms with E-state index in [1.807, 2.05) is 0 Å². The molecule has 2 aromatic rings. The number of carbonyl (C=O) groups is 2. The molecule has 31 heavy (non-hydrogen) atoms. The predicted octanol–water partition coefficient (Wildman–Crippen LogP) is 1.31. The summed E-state index contributed by atoms with van der Waals surface area (Å²) in [4.78, 5) is 24.6. The van der Waals surface area contributed by atoms with Gasteiger partial charge >= 0.3 is 5.97 Å². The van der Waals surface area contributed by atoms with Gasteiger partial charge in [-0.3, -0.25) is 4.79 Å². The van der Waals surface area contributed by atoms with Crippen LogP contribution in [-0.4, -0.2) is 33.4 Å². The van der Waals surface area contributed by atoms with Crippen LogP contribution in [0.1, 0.15) is 30.6 Å². The fourth-order valence-electron chi connectivity index (χ4n) is 2.87. The second-order valence-corrected chi connectivity index (χ2v) is 7.62. The molecule has 0 aliphatic rings. The highest BCUT2D eigenvalue weighted by atomic mass is 35.5. The minimum atomic E-state index is -1.51. The molecule has 1 amide bonds. The molecule has 0 aromatic heterocycles. The third-order valence-corrected chi connectivity index (χ3v) is 4.54. The van der Waals surface area contributed by atoms with Crippen molar-refractivity contribution < 1.29 is 35.6 Å². The number of carbonyl (C=O) groups excluding carboxylic acids is 1. The van der Waals surface area contributed by atoms with Crippen molar-refractivity contribution in [2.75, 3.05) is 10.6 Å². The maximum absolute atomic E-state index is 12.9. The van der Waals surface area contributed by atoms with Crippen LogP contribution in [0.5, 0.6) is 0 Å². The van der Waals surface area contributed by atoms with Crippen molar-refractivity contribution in [2.24, 2.45) is 5.92 Å². The Bertz CT molecular complexity index is 936. The summed E-state index contributed by atoms with van der Waals surface area (Å²) in [6.07, 6.45) is 0.146. The van der Waals surface area contributed by atoms with Crippen molar-refractivity contribution in [3.63, 3.8) is 0 Å². The molecule has 0 aliphatic carbocycles. The number of nitrogens with one attached hydrogen (secondary N) is 4. The average Bonchev–Trinajstić information content (AvgIpc) is 2.68. The smallest absolute Gasteiger partial charge is 0.326 e. The van der Waals surface area contributed by atoms with E-state index in [0.29, 0.717) is 10.7 Å². The third kappa shape index (κ3) is 6.60. The van der Waals surface area contributed by atoms with Crippen molar-refractivity contribution in [3.05, 3.63) is 57.4 Å². The zero-order valence-electron chi connectivity index (χ0n) is 16.7. The molecule has 168 valence electrons. The van der Waals surface area contributed by atoms with Crippen LogP contribution in [0.2, 0.25) is 5.02 Å². The first-order valence-electron chi connectivity index (χ1n) is 9.20. The molecule has 0 spiro atoms. The van der Waals surface area contributed by atoms with Crippen LogP contribution >= 0.6 is 11.6 Å². The van der Waals surface area contributed by atoms with Crippen molar-refractivity contribution in [3.8, 4) is 0 Å². The maximum atomic E-state index is 12.9. The van der Waals surface area contributed by atoms with Crippen LogP contribution in [0.3, 0.4) is 0 Å². The van der Waals surface area contributed by atoms with E-state index in [2.05, 4.69) is 10.6 Å². The molecule has 0 saturated carbocycles. The molecule has 0 bridgehead atoms. The minimum Gasteiger partial charge on any atom is -0.595 e. The van der Waals surface area contributed by atoms with Crippen LogP contribution in [0.15, 0.2) is 36.4 Å². The van der Waals surface area contributed by atoms with Crippen molar-refractivity contribution in [1.29, 1.82) is 0 Å². The molecule has 7 N–H and O–H groups in total. The number of rotatable bonds is 9. The molecule has 0 heterocycles. The Hall–Kier alpha value is -2.77. The van der Waals surface area contributed by atoms with E-state index in [4.69, 9.17) is 11.6 Å². The largest absolute Gasteiger partial charge is 0.595 e. The Morgan fingerprint density at radius 3 is 2.19 bits per heavy atom. The molecule has 12 heteroatoms. The van der Waals surface area contributed by atoms with E-state index < -0.39 is 39.7 Å². The number of halogens is 1. The molecule has 2 aromatic carbocycles. The van der Waals surface area contributed by atoms with E-state index in [1.165, 1.54) is 24.3 Å². The lowest BCUT2D eigenvalue weighted by Crippen LogP contribution is -3.01. The fourth-order valence-corrected chi connectivity index (χ4v) is 2.99. The van der Waals surface area contributed by atoms with Crippen LogP contribution in [0, 0.1) is 16.3 Å². The predicted molar refractivity (Wildman–Crippen MR) is 112 cm³/mol. The highest BCUT2D eigenvalue weighted by Crippen LogP contribution is 2.29. The zero-order chi connectivity index (χ0) is 23.3. The standard InChI is InChI=1S/C19H23ClN4O7/c1-10(2)7-15(19(26)27)22-17-14(8-13(23(28)29)9-16(17)24(30)31)18(25)21-12-5-3-11(20)4-6-12/h3-6,8-10,15,22-24,28,30H,7H2,1-2H3,(H,21,25)(H,26,27). The summed E-state index contributed by atoms with van der Waals surface area (Å²) < 4.78 is 0. The van der Waals surface area contributed by atoms with Crippen molar-refractivity contribution >= 4 is 46.2 Å². The van der Waals surface area contributed by atoms with Gasteiger partial charge in [-0.15, -0.1) is 0 Å². The van der Waals surface area contributed by atoms with Gasteiger partial charge in [0.25, 0.3) is 5.91 Å². The molecule has 3 atom stereocenters. The van der Waals surface area contributed by atoms with Crippen LogP contribution < -0.4 is 21.1 Å². The van der Waals surface area contributed by atoms with E-state index in [1.54, 1.807) is 13.8 Å². The molecule has 2 rings (SSSR count). The average molecular weight is 455 g/mol. The number of quaternary nitrogens is 2. The number of aliphatic carboxylic acids is 1. The number of amides is 1. The number of carboxylic acid groups (broad SMARTS) is 1. The molecular formula is C19H23ClN4O7. The molecule has 0 saturated heterocycles. The van der Waals surface area contributed by atoms with Gasteiger partial charge in [0, 0.05) is 16.8 Å². The van der Waals surface area contributed by atoms with Gasteiger partial charge in [0.1, 0.15) is 11.7 Å². The SMILES string of the molecule is CC(C)CC(Nc1c(C(=O)Nc2ccc(Cl)cc2)cc([NH+]([O-])O)cc1[NH+]([O-])O)C(=O)O. The summed E-state index contributed by atoms with van der Waals surface area (Å²) in [6.45, 7) is 3.58. The Balaban J connectivity index is 2.57. The van der Waals surface area contributed by atoms with Gasteiger partial charge < -0.3 is 26.2 Å². The van der Waals surface area contributed by atoms with Gasteiger partial charge in [-0.1, -0.05) is 25.4 Å². The van der Waals surface area contributed by atoms with Gasteiger partial charge in [-0.05, 0) is 36.6 Å². The second-order valence-electron chi connectivity index (χ2n) is 7.18. The van der Waals surface area contributed by atoms with Gasteiger partial charge in [-0.25, -0.2) is 15.2 Å². The Morgan fingerprint density at radius 1 is 1.10 bits per heavy atom. The van der Waals surface area contributed by atoms with E-state index in [9.17, 15) is 35.5 Å². The van der Waals surface area contributed by atoms with Crippen LogP contribution in [0.25, 0.3) is 0 Å². The maximum Gasteiger partial charge on any atom is 0.326 e. The summed E-state index contributed by atoms with van der Waals surface area (Å²) in [5.41, 5.74) is -1.23. The molecule has 0 aliphatic heterocycles. The first kappa shape index (κ1) is 24.5. The summed E-state index contributed by atoms with van der Waals surface area (Å²) in [5, 5.41) is 54.4. The lowest BCUT2D eigenvalue weighted by Gasteiger charge is -2.24. The number of benzene rings is 2. The molecule has 3 unspecified atom stereocenters. The van der Waals surface area contributed by atoms with Gasteiger partial charge in [0.2, 0.25) is 0 Å². The van der Waals surface area contributed by atoms with Crippen LogP contribution in [0.4, 0.5) is 22.7 Å². The fraction of sp³-hybridized carbons (Fsp3) is 0.263. The van der Waals surface area contributed by atoms with E-state index in [0.717, 1.165) is 12.1 Å². The number of hydrogen-bond acceptors (Lipinski definition) is 7. The van der Waals surface area contributed by atoms with Crippen molar-refractivity contribution in [1.82, 2.24) is 0 Å². The summed E-state index contributed by atoms with van der Waals surface area (Å²) in [5.74, 6) is -2.10. The number of hydrogen-bond donors (Lipinski definition) is 7. The summed E-state index contributed by atoms with van der Waals surface area (Å²) in [7, 11) is 0. The molecule has 11 nitrogen and oxygen atoms in total. The molecular weight excluding hydrogens is 432 g/mol. The van der Waals surface area contributed by atoms with Gasteiger partial charge in [0.15, 0.2) is 11.4 Å². The van der Waals surface area contributed by atoms with Crippen molar-refractivity contribution in [2.45, 2.75) is 26.3 Å². The first-order chi connectivity index (χ1) is 14.5. The molecule has 0 radical (unpaired) electrons. The number of anilines is 2. The van der Waals surface area contributed by atoms with E-state index >= 15 is 0 Å².